The van der Waals surface area contributed by atoms with Crippen molar-refractivity contribution in [3.8, 4) is 0 Å². The quantitative estimate of drug-likeness (QED) is 0.229. The first-order valence-electron chi connectivity index (χ1n) is 12.4. The molecular formula is C29H32O9Te. The van der Waals surface area contributed by atoms with Gasteiger partial charge in [-0.05, 0) is 0 Å². The standard InChI is InChI=1S/C29H32O9Te/c1-17-11-13-23(14-12-17)39-26(22-9-7-6-8-10-22)15-24-27(35-19(3)31)29(37-21(5)33)28(36-20(4)32)25(38-24)16-34-18(2)30/h6-15,24-25,27-29H,16H2,1-5H3/b26-15-/t24-,25-,27+,28+,29-/m1/s1. The Kier molecular flexibility index (Phi) is 11.1. The number of esters is 4. The van der Waals surface area contributed by atoms with E-state index >= 15 is 0 Å². The molecule has 1 aliphatic heterocycles. The number of hydrogen-bond acceptors (Lipinski definition) is 9. The van der Waals surface area contributed by atoms with E-state index in [2.05, 4.69) is 24.3 Å². The van der Waals surface area contributed by atoms with Crippen LogP contribution >= 0.6 is 0 Å². The van der Waals surface area contributed by atoms with Crippen molar-refractivity contribution < 1.29 is 42.9 Å². The molecule has 0 aromatic heterocycles. The van der Waals surface area contributed by atoms with Gasteiger partial charge >= 0.3 is 238 Å². The van der Waals surface area contributed by atoms with Crippen LogP contribution in [0.4, 0.5) is 0 Å². The van der Waals surface area contributed by atoms with E-state index in [-0.39, 0.29) is 6.61 Å². The number of ether oxygens (including phenoxy) is 5. The van der Waals surface area contributed by atoms with Gasteiger partial charge in [-0.25, -0.2) is 0 Å². The fourth-order valence-corrected chi connectivity index (χ4v) is 6.87. The number of rotatable bonds is 9. The van der Waals surface area contributed by atoms with Crippen molar-refractivity contribution in [1.29, 1.82) is 0 Å². The SMILES string of the molecule is CC(=O)OC[C@H]1O[C@H](/C=C(\[Te]c2ccc(C)cc2)c2ccccc2)[C@H](OC(C)=O)[C@@H](OC(C)=O)[C@H]1OC(C)=O. The molecule has 0 aliphatic carbocycles. The van der Waals surface area contributed by atoms with Crippen molar-refractivity contribution in [2.75, 3.05) is 6.61 Å². The average Bonchev–Trinajstić information content (AvgIpc) is 2.87. The minimum absolute atomic E-state index is 0.266. The van der Waals surface area contributed by atoms with Crippen molar-refractivity contribution in [1.82, 2.24) is 0 Å². The van der Waals surface area contributed by atoms with E-state index in [1.165, 1.54) is 31.3 Å². The van der Waals surface area contributed by atoms with Gasteiger partial charge in [0.1, 0.15) is 0 Å². The summed E-state index contributed by atoms with van der Waals surface area (Å²) in [6, 6.07) is 18.0. The molecule has 0 bridgehead atoms. The zero-order valence-electron chi connectivity index (χ0n) is 22.4. The summed E-state index contributed by atoms with van der Waals surface area (Å²) < 4.78 is 30.3. The van der Waals surface area contributed by atoms with Gasteiger partial charge in [0.05, 0.1) is 0 Å². The van der Waals surface area contributed by atoms with Crippen LogP contribution < -0.4 is 3.61 Å². The second kappa shape index (κ2) is 14.3. The Morgan fingerprint density at radius 3 is 1.90 bits per heavy atom. The van der Waals surface area contributed by atoms with E-state index in [1.807, 2.05) is 43.3 Å². The summed E-state index contributed by atoms with van der Waals surface area (Å²) >= 11 is -0.954. The first-order valence-corrected chi connectivity index (χ1v) is 14.7. The van der Waals surface area contributed by atoms with Gasteiger partial charge in [0.2, 0.25) is 0 Å². The normalized spacial score (nSPS) is 22.9. The fraction of sp³-hybridized carbons (Fsp3) is 0.379. The van der Waals surface area contributed by atoms with Gasteiger partial charge < -0.3 is 0 Å². The summed E-state index contributed by atoms with van der Waals surface area (Å²) in [5.74, 6) is -2.52. The second-order valence-corrected chi connectivity index (χ2v) is 12.2. The van der Waals surface area contributed by atoms with Crippen molar-refractivity contribution in [2.24, 2.45) is 0 Å². The topological polar surface area (TPSA) is 114 Å². The molecular weight excluding hydrogens is 620 g/mol. The third-order valence-electron chi connectivity index (χ3n) is 5.65. The molecule has 3 rings (SSSR count). The molecule has 2 aromatic carbocycles. The van der Waals surface area contributed by atoms with Crippen LogP contribution in [0.2, 0.25) is 0 Å². The van der Waals surface area contributed by atoms with Crippen LogP contribution in [0.3, 0.4) is 0 Å². The van der Waals surface area contributed by atoms with Crippen LogP contribution in [-0.4, -0.2) is 81.9 Å². The van der Waals surface area contributed by atoms with Crippen molar-refractivity contribution in [3.05, 3.63) is 71.8 Å². The van der Waals surface area contributed by atoms with E-state index in [1.54, 1.807) is 0 Å². The predicted octanol–water partition coefficient (Wildman–Crippen LogP) is 2.49. The molecule has 0 spiro atoms. The predicted molar refractivity (Wildman–Crippen MR) is 143 cm³/mol. The van der Waals surface area contributed by atoms with Gasteiger partial charge in [-0.15, -0.1) is 0 Å². The third-order valence-corrected chi connectivity index (χ3v) is 8.79. The van der Waals surface area contributed by atoms with Crippen LogP contribution in [0.5, 0.6) is 0 Å². The number of carbonyl (C=O) groups is 4. The summed E-state index contributed by atoms with van der Waals surface area (Å²) in [5, 5.41) is 0. The molecule has 1 saturated heterocycles. The molecule has 1 fully saturated rings. The van der Waals surface area contributed by atoms with Crippen molar-refractivity contribution in [2.45, 2.75) is 65.1 Å². The Hall–Kier alpha value is -3.19. The Labute approximate surface area is 237 Å². The van der Waals surface area contributed by atoms with Crippen molar-refractivity contribution in [3.63, 3.8) is 0 Å². The van der Waals surface area contributed by atoms with E-state index in [9.17, 15) is 19.2 Å². The molecule has 39 heavy (non-hydrogen) atoms. The number of aryl methyl sites for hydroxylation is 1. The van der Waals surface area contributed by atoms with Crippen LogP contribution in [0.1, 0.15) is 38.8 Å². The van der Waals surface area contributed by atoms with Crippen LogP contribution in [-0.2, 0) is 42.9 Å². The number of carbonyl (C=O) groups excluding carboxylic acids is 4. The van der Waals surface area contributed by atoms with Crippen LogP contribution in [0, 0.1) is 6.92 Å². The van der Waals surface area contributed by atoms with Crippen LogP contribution in [0.15, 0.2) is 60.7 Å². The summed E-state index contributed by atoms with van der Waals surface area (Å²) in [4.78, 5) is 47.9. The average molecular weight is 652 g/mol. The second-order valence-electron chi connectivity index (χ2n) is 8.98. The molecule has 1 heterocycles. The molecule has 10 heteroatoms. The fourth-order valence-electron chi connectivity index (χ4n) is 4.07. The molecule has 0 unspecified atom stereocenters. The summed E-state index contributed by atoms with van der Waals surface area (Å²) in [5.41, 5.74) is 2.12. The molecule has 2 aromatic rings. The van der Waals surface area contributed by atoms with E-state index in [0.717, 1.165) is 14.7 Å². The first kappa shape index (κ1) is 30.4. The number of benzene rings is 2. The summed E-state index contributed by atoms with van der Waals surface area (Å²) in [6.07, 6.45) is -3.56. The molecule has 0 saturated carbocycles. The maximum absolute atomic E-state index is 12.2. The molecule has 0 N–H and O–H groups in total. The molecule has 5 atom stereocenters. The Morgan fingerprint density at radius 2 is 1.33 bits per heavy atom. The Balaban J connectivity index is 2.12. The van der Waals surface area contributed by atoms with E-state index in [0.29, 0.717) is 0 Å². The van der Waals surface area contributed by atoms with Gasteiger partial charge in [0, 0.05) is 0 Å². The monoisotopic (exact) mass is 654 g/mol. The molecule has 1 aliphatic rings. The van der Waals surface area contributed by atoms with Gasteiger partial charge in [-0.1, -0.05) is 0 Å². The summed E-state index contributed by atoms with van der Waals surface area (Å²) in [7, 11) is 0. The van der Waals surface area contributed by atoms with E-state index in [4.69, 9.17) is 23.7 Å². The van der Waals surface area contributed by atoms with Gasteiger partial charge in [-0.3, -0.25) is 0 Å². The van der Waals surface area contributed by atoms with E-state index < -0.39 is 75.3 Å². The maximum atomic E-state index is 12.2. The first-order chi connectivity index (χ1) is 18.5. The van der Waals surface area contributed by atoms with Gasteiger partial charge in [-0.2, -0.15) is 0 Å². The molecule has 208 valence electrons. The van der Waals surface area contributed by atoms with Gasteiger partial charge in [0.25, 0.3) is 0 Å². The summed E-state index contributed by atoms with van der Waals surface area (Å²) in [6.45, 7) is 6.63. The zero-order valence-corrected chi connectivity index (χ0v) is 24.8. The molecule has 9 nitrogen and oxygen atoms in total. The Bertz CT molecular complexity index is 1190. The molecule has 0 amide bonds. The molecule has 0 radical (unpaired) electrons. The minimum atomic E-state index is -1.21. The van der Waals surface area contributed by atoms with Crippen LogP contribution in [0.25, 0.3) is 3.62 Å². The zero-order chi connectivity index (χ0) is 28.5. The Morgan fingerprint density at radius 1 is 0.769 bits per heavy atom. The third kappa shape index (κ3) is 9.20. The van der Waals surface area contributed by atoms with Crippen molar-refractivity contribution >= 4 is 52.0 Å². The number of hydrogen-bond donors (Lipinski definition) is 0. The van der Waals surface area contributed by atoms with Gasteiger partial charge in [0.15, 0.2) is 0 Å².